The predicted octanol–water partition coefficient (Wildman–Crippen LogP) is 2.04. The molecule has 0 spiro atoms. The van der Waals surface area contributed by atoms with Crippen LogP contribution in [0, 0.1) is 0 Å². The molecule has 3 N–H and O–H groups in total. The second-order valence-electron chi connectivity index (χ2n) is 4.04. The van der Waals surface area contributed by atoms with Crippen molar-refractivity contribution in [1.82, 2.24) is 0 Å². The van der Waals surface area contributed by atoms with Crippen molar-refractivity contribution in [2.24, 2.45) is 5.73 Å². The predicted molar refractivity (Wildman–Crippen MR) is 57.2 cm³/mol. The molecule has 0 aromatic heterocycles. The minimum absolute atomic E-state index is 0.121. The lowest BCUT2D eigenvalue weighted by molar-refractivity contribution is 0.0431. The molecule has 2 atom stereocenters. The van der Waals surface area contributed by atoms with Crippen molar-refractivity contribution >= 4 is 11.6 Å². The summed E-state index contributed by atoms with van der Waals surface area (Å²) in [7, 11) is 0. The number of hydrogen-bond donors (Lipinski definition) is 2. The van der Waals surface area contributed by atoms with E-state index >= 15 is 0 Å². The molecule has 1 aliphatic carbocycles. The van der Waals surface area contributed by atoms with E-state index in [4.69, 9.17) is 17.3 Å². The van der Waals surface area contributed by atoms with Gasteiger partial charge in [-0.15, -0.1) is 0 Å². The van der Waals surface area contributed by atoms with Crippen molar-refractivity contribution in [3.63, 3.8) is 0 Å². The van der Waals surface area contributed by atoms with Gasteiger partial charge in [-0.2, -0.15) is 0 Å². The van der Waals surface area contributed by atoms with E-state index in [-0.39, 0.29) is 6.04 Å². The third kappa shape index (κ3) is 1.78. The molecule has 0 saturated heterocycles. The van der Waals surface area contributed by atoms with Crippen LogP contribution in [0.5, 0.6) is 0 Å². The van der Waals surface area contributed by atoms with Gasteiger partial charge < -0.3 is 10.8 Å². The fraction of sp³-hybridized carbons (Fsp3) is 0.455. The van der Waals surface area contributed by atoms with Crippen LogP contribution in [0.4, 0.5) is 0 Å². The van der Waals surface area contributed by atoms with E-state index in [0.29, 0.717) is 11.4 Å². The SMILES string of the molecule is NC1CCC(O)(c2ccc(Cl)cc2)C1. The Morgan fingerprint density at radius 3 is 2.50 bits per heavy atom. The first kappa shape index (κ1) is 9.97. The Hall–Kier alpha value is -0.570. The van der Waals surface area contributed by atoms with E-state index in [1.165, 1.54) is 0 Å². The normalized spacial score (nSPS) is 32.1. The molecule has 0 radical (unpaired) electrons. The molecule has 1 saturated carbocycles. The van der Waals surface area contributed by atoms with Crippen molar-refractivity contribution in [3.8, 4) is 0 Å². The summed E-state index contributed by atoms with van der Waals surface area (Å²) >= 11 is 5.79. The molecule has 0 heterocycles. The Morgan fingerprint density at radius 2 is 2.00 bits per heavy atom. The number of nitrogens with two attached hydrogens (primary N) is 1. The average Bonchev–Trinajstić information content (AvgIpc) is 2.48. The van der Waals surface area contributed by atoms with E-state index in [1.807, 2.05) is 12.1 Å². The molecule has 14 heavy (non-hydrogen) atoms. The summed E-state index contributed by atoms with van der Waals surface area (Å²) in [5.74, 6) is 0. The Balaban J connectivity index is 2.26. The first-order valence-corrected chi connectivity index (χ1v) is 5.22. The zero-order valence-corrected chi connectivity index (χ0v) is 8.67. The van der Waals surface area contributed by atoms with E-state index in [9.17, 15) is 5.11 Å². The van der Waals surface area contributed by atoms with Crippen molar-refractivity contribution in [2.45, 2.75) is 30.9 Å². The molecule has 2 nitrogen and oxygen atoms in total. The van der Waals surface area contributed by atoms with Crippen molar-refractivity contribution < 1.29 is 5.11 Å². The van der Waals surface area contributed by atoms with Crippen LogP contribution in [-0.4, -0.2) is 11.1 Å². The maximum atomic E-state index is 10.3. The van der Waals surface area contributed by atoms with Crippen LogP contribution in [0.1, 0.15) is 24.8 Å². The molecule has 76 valence electrons. The highest BCUT2D eigenvalue weighted by atomic mass is 35.5. The number of hydrogen-bond acceptors (Lipinski definition) is 2. The zero-order valence-electron chi connectivity index (χ0n) is 7.91. The monoisotopic (exact) mass is 211 g/mol. The lowest BCUT2D eigenvalue weighted by Gasteiger charge is -2.22. The van der Waals surface area contributed by atoms with Gasteiger partial charge >= 0.3 is 0 Å². The van der Waals surface area contributed by atoms with Gasteiger partial charge in [0.05, 0.1) is 5.60 Å². The molecular weight excluding hydrogens is 198 g/mol. The summed E-state index contributed by atoms with van der Waals surface area (Å²) in [6.07, 6.45) is 2.28. The highest BCUT2D eigenvalue weighted by Crippen LogP contribution is 2.38. The molecule has 1 aromatic carbocycles. The molecule has 2 rings (SSSR count). The van der Waals surface area contributed by atoms with Crippen molar-refractivity contribution in [1.29, 1.82) is 0 Å². The summed E-state index contributed by atoms with van der Waals surface area (Å²) in [4.78, 5) is 0. The Bertz CT molecular complexity index is 325. The topological polar surface area (TPSA) is 46.2 Å². The molecule has 1 fully saturated rings. The van der Waals surface area contributed by atoms with Gasteiger partial charge in [0.15, 0.2) is 0 Å². The second kappa shape index (κ2) is 3.54. The van der Waals surface area contributed by atoms with Gasteiger partial charge in [0, 0.05) is 11.1 Å². The summed E-state index contributed by atoms with van der Waals surface area (Å²) in [5, 5.41) is 11.0. The molecule has 0 aliphatic heterocycles. The second-order valence-corrected chi connectivity index (χ2v) is 4.48. The van der Waals surface area contributed by atoms with E-state index in [0.717, 1.165) is 18.4 Å². The summed E-state index contributed by atoms with van der Waals surface area (Å²) in [6, 6.07) is 7.48. The van der Waals surface area contributed by atoms with Crippen LogP contribution < -0.4 is 5.73 Å². The number of rotatable bonds is 1. The van der Waals surface area contributed by atoms with Gasteiger partial charge in [0.2, 0.25) is 0 Å². The summed E-state index contributed by atoms with van der Waals surface area (Å²) < 4.78 is 0. The largest absolute Gasteiger partial charge is 0.385 e. The quantitative estimate of drug-likeness (QED) is 0.747. The first-order valence-electron chi connectivity index (χ1n) is 4.84. The van der Waals surface area contributed by atoms with Gasteiger partial charge in [-0.3, -0.25) is 0 Å². The zero-order chi connectivity index (χ0) is 10.2. The Kier molecular flexibility index (Phi) is 2.52. The number of halogens is 1. The molecule has 0 amide bonds. The van der Waals surface area contributed by atoms with Crippen molar-refractivity contribution in [3.05, 3.63) is 34.9 Å². The lowest BCUT2D eigenvalue weighted by atomic mass is 9.92. The maximum Gasteiger partial charge on any atom is 0.0911 e. The third-order valence-electron chi connectivity index (χ3n) is 2.91. The highest BCUT2D eigenvalue weighted by Gasteiger charge is 2.36. The van der Waals surface area contributed by atoms with E-state index in [2.05, 4.69) is 0 Å². The Morgan fingerprint density at radius 1 is 1.36 bits per heavy atom. The smallest absolute Gasteiger partial charge is 0.0911 e. The molecule has 2 unspecified atom stereocenters. The minimum atomic E-state index is -0.732. The lowest BCUT2D eigenvalue weighted by Crippen LogP contribution is -2.25. The number of aliphatic hydroxyl groups is 1. The van der Waals surface area contributed by atoms with Crippen LogP contribution in [0.2, 0.25) is 5.02 Å². The summed E-state index contributed by atoms with van der Waals surface area (Å²) in [6.45, 7) is 0. The average molecular weight is 212 g/mol. The van der Waals surface area contributed by atoms with Crippen LogP contribution in [0.25, 0.3) is 0 Å². The van der Waals surface area contributed by atoms with Gasteiger partial charge in [0.1, 0.15) is 0 Å². The van der Waals surface area contributed by atoms with Crippen molar-refractivity contribution in [2.75, 3.05) is 0 Å². The van der Waals surface area contributed by atoms with Gasteiger partial charge in [-0.05, 0) is 37.0 Å². The minimum Gasteiger partial charge on any atom is -0.385 e. The summed E-state index contributed by atoms with van der Waals surface area (Å²) in [5.41, 5.74) is 5.99. The van der Waals surface area contributed by atoms with Crippen LogP contribution in [0.3, 0.4) is 0 Å². The Labute approximate surface area is 88.7 Å². The standard InChI is InChI=1S/C11H14ClNO/c12-9-3-1-8(2-4-9)11(14)6-5-10(13)7-11/h1-4,10,14H,5-7,13H2. The highest BCUT2D eigenvalue weighted by molar-refractivity contribution is 6.30. The molecule has 3 heteroatoms. The third-order valence-corrected chi connectivity index (χ3v) is 3.16. The van der Waals surface area contributed by atoms with Gasteiger partial charge in [0.25, 0.3) is 0 Å². The van der Waals surface area contributed by atoms with Gasteiger partial charge in [-0.25, -0.2) is 0 Å². The fourth-order valence-electron chi connectivity index (χ4n) is 2.08. The van der Waals surface area contributed by atoms with E-state index in [1.54, 1.807) is 12.1 Å². The molecule has 1 aromatic rings. The van der Waals surface area contributed by atoms with Crippen LogP contribution in [0.15, 0.2) is 24.3 Å². The van der Waals surface area contributed by atoms with Gasteiger partial charge in [-0.1, -0.05) is 23.7 Å². The van der Waals surface area contributed by atoms with Crippen LogP contribution >= 0.6 is 11.6 Å². The van der Waals surface area contributed by atoms with E-state index < -0.39 is 5.60 Å². The maximum absolute atomic E-state index is 10.3. The molecule has 1 aliphatic rings. The number of benzene rings is 1. The van der Waals surface area contributed by atoms with Crippen LogP contribution in [-0.2, 0) is 5.60 Å². The fourth-order valence-corrected chi connectivity index (χ4v) is 2.21. The first-order chi connectivity index (χ1) is 6.60. The molecule has 0 bridgehead atoms. The molecular formula is C11H14ClNO.